The van der Waals surface area contributed by atoms with Crippen molar-refractivity contribution in [2.75, 3.05) is 0 Å². The first-order valence-corrected chi connectivity index (χ1v) is 8.83. The molecule has 2 aromatic carbocycles. The smallest absolute Gasteiger partial charge is 0.255 e. The molecular formula is C22H18N2O4. The quantitative estimate of drug-likeness (QED) is 0.517. The molecule has 0 aliphatic rings. The van der Waals surface area contributed by atoms with Crippen LogP contribution in [-0.4, -0.2) is 11.1 Å². The van der Waals surface area contributed by atoms with Crippen molar-refractivity contribution >= 4 is 5.91 Å². The van der Waals surface area contributed by atoms with E-state index in [1.807, 2.05) is 36.4 Å². The predicted octanol–water partition coefficient (Wildman–Crippen LogP) is 4.44. The summed E-state index contributed by atoms with van der Waals surface area (Å²) in [6, 6.07) is 22.2. The summed E-state index contributed by atoms with van der Waals surface area (Å²) < 4.78 is 16.4. The molecule has 2 aromatic heterocycles. The van der Waals surface area contributed by atoms with Crippen molar-refractivity contribution in [3.8, 4) is 17.3 Å². The van der Waals surface area contributed by atoms with Gasteiger partial charge in [0.15, 0.2) is 5.76 Å². The summed E-state index contributed by atoms with van der Waals surface area (Å²) in [6.45, 7) is 0.622. The molecular weight excluding hydrogens is 356 g/mol. The van der Waals surface area contributed by atoms with E-state index in [2.05, 4.69) is 10.5 Å². The minimum absolute atomic E-state index is 0.174. The average Bonchev–Trinajstić information content (AvgIpc) is 3.43. The van der Waals surface area contributed by atoms with E-state index < -0.39 is 0 Å². The number of furan rings is 1. The molecule has 140 valence electrons. The van der Waals surface area contributed by atoms with Gasteiger partial charge in [0.25, 0.3) is 5.91 Å². The second kappa shape index (κ2) is 8.26. The molecule has 1 amide bonds. The van der Waals surface area contributed by atoms with Gasteiger partial charge in [0.05, 0.1) is 11.8 Å². The van der Waals surface area contributed by atoms with Crippen molar-refractivity contribution in [3.05, 3.63) is 95.9 Å². The van der Waals surface area contributed by atoms with Crippen LogP contribution in [-0.2, 0) is 13.2 Å². The number of hydrogen-bond donors (Lipinski definition) is 1. The summed E-state index contributed by atoms with van der Waals surface area (Å²) in [6.07, 6.45) is 1.57. The fourth-order valence-electron chi connectivity index (χ4n) is 2.72. The number of para-hydroxylation sites is 1. The summed E-state index contributed by atoms with van der Waals surface area (Å²) in [4.78, 5) is 12.6. The van der Waals surface area contributed by atoms with E-state index in [0.29, 0.717) is 35.1 Å². The van der Waals surface area contributed by atoms with E-state index in [-0.39, 0.29) is 12.5 Å². The third-order valence-corrected chi connectivity index (χ3v) is 4.13. The van der Waals surface area contributed by atoms with Gasteiger partial charge in [-0.05, 0) is 29.8 Å². The second-order valence-corrected chi connectivity index (χ2v) is 6.11. The van der Waals surface area contributed by atoms with E-state index in [9.17, 15) is 4.79 Å². The number of amides is 1. The molecule has 4 rings (SSSR count). The largest absolute Gasteiger partial charge is 0.486 e. The zero-order chi connectivity index (χ0) is 19.2. The van der Waals surface area contributed by atoms with Crippen molar-refractivity contribution in [3.63, 3.8) is 0 Å². The lowest BCUT2D eigenvalue weighted by molar-refractivity contribution is 0.0946. The van der Waals surface area contributed by atoms with Crippen LogP contribution < -0.4 is 10.1 Å². The number of benzene rings is 2. The Morgan fingerprint density at radius 1 is 0.964 bits per heavy atom. The molecule has 0 saturated heterocycles. The lowest BCUT2D eigenvalue weighted by Crippen LogP contribution is -2.23. The summed E-state index contributed by atoms with van der Waals surface area (Å²) in [5.41, 5.74) is 2.10. The molecule has 28 heavy (non-hydrogen) atoms. The molecule has 0 fully saturated rings. The normalized spacial score (nSPS) is 10.6. The molecule has 0 spiro atoms. The topological polar surface area (TPSA) is 77.5 Å². The average molecular weight is 374 g/mol. The van der Waals surface area contributed by atoms with Crippen LogP contribution in [0.1, 0.15) is 21.6 Å². The number of hydrogen-bond acceptors (Lipinski definition) is 5. The standard InChI is InChI=1S/C22H18N2O4/c25-22(23-14-16-7-2-1-3-8-16)18-9-4-5-10-19(18)27-15-17-13-21(28-24-17)20-11-6-12-26-20/h1-13H,14-15H2,(H,23,25). The zero-order valence-electron chi connectivity index (χ0n) is 15.0. The highest BCUT2D eigenvalue weighted by Crippen LogP contribution is 2.23. The van der Waals surface area contributed by atoms with Gasteiger partial charge in [-0.2, -0.15) is 0 Å². The van der Waals surface area contributed by atoms with Gasteiger partial charge in [0.1, 0.15) is 18.1 Å². The zero-order valence-corrected chi connectivity index (χ0v) is 15.0. The summed E-state index contributed by atoms with van der Waals surface area (Å²) in [5.74, 6) is 1.41. The molecule has 4 aromatic rings. The predicted molar refractivity (Wildman–Crippen MR) is 103 cm³/mol. The molecule has 0 bridgehead atoms. The minimum atomic E-state index is -0.198. The van der Waals surface area contributed by atoms with Gasteiger partial charge in [-0.1, -0.05) is 47.6 Å². The monoisotopic (exact) mass is 374 g/mol. The molecule has 0 aliphatic heterocycles. The van der Waals surface area contributed by atoms with E-state index in [1.54, 1.807) is 42.7 Å². The molecule has 0 atom stereocenters. The van der Waals surface area contributed by atoms with E-state index in [4.69, 9.17) is 13.7 Å². The Kier molecular flexibility index (Phi) is 5.20. The van der Waals surface area contributed by atoms with Gasteiger partial charge < -0.3 is 19.0 Å². The van der Waals surface area contributed by atoms with Gasteiger partial charge in [0, 0.05) is 12.6 Å². The van der Waals surface area contributed by atoms with Crippen molar-refractivity contribution in [1.82, 2.24) is 10.5 Å². The maximum absolute atomic E-state index is 12.6. The van der Waals surface area contributed by atoms with Crippen LogP contribution in [0.3, 0.4) is 0 Å². The van der Waals surface area contributed by atoms with Crippen LogP contribution in [0, 0.1) is 0 Å². The lowest BCUT2D eigenvalue weighted by atomic mass is 10.1. The third-order valence-electron chi connectivity index (χ3n) is 4.13. The lowest BCUT2D eigenvalue weighted by Gasteiger charge is -2.11. The van der Waals surface area contributed by atoms with E-state index >= 15 is 0 Å². The molecule has 0 saturated carbocycles. The van der Waals surface area contributed by atoms with Crippen LogP contribution in [0.25, 0.3) is 11.5 Å². The maximum Gasteiger partial charge on any atom is 0.255 e. The Morgan fingerprint density at radius 3 is 2.61 bits per heavy atom. The summed E-state index contributed by atoms with van der Waals surface area (Å²) in [7, 11) is 0. The first kappa shape index (κ1) is 17.6. The number of carbonyl (C=O) groups excluding carboxylic acids is 1. The van der Waals surface area contributed by atoms with Crippen molar-refractivity contribution < 1.29 is 18.5 Å². The third kappa shape index (κ3) is 4.12. The van der Waals surface area contributed by atoms with Crippen LogP contribution in [0.4, 0.5) is 0 Å². The number of nitrogens with zero attached hydrogens (tertiary/aromatic N) is 1. The first-order valence-electron chi connectivity index (χ1n) is 8.83. The van der Waals surface area contributed by atoms with Crippen LogP contribution >= 0.6 is 0 Å². The first-order chi connectivity index (χ1) is 13.8. The molecule has 2 heterocycles. The van der Waals surface area contributed by atoms with Gasteiger partial charge in [0.2, 0.25) is 5.76 Å². The second-order valence-electron chi connectivity index (χ2n) is 6.11. The highest BCUT2D eigenvalue weighted by Gasteiger charge is 2.14. The molecule has 6 heteroatoms. The van der Waals surface area contributed by atoms with Gasteiger partial charge in [-0.3, -0.25) is 4.79 Å². The Hall–Kier alpha value is -3.80. The number of rotatable bonds is 7. The van der Waals surface area contributed by atoms with Crippen LogP contribution in [0.15, 0.2) is 88.0 Å². The van der Waals surface area contributed by atoms with Crippen molar-refractivity contribution in [2.24, 2.45) is 0 Å². The highest BCUT2D eigenvalue weighted by atomic mass is 16.5. The molecule has 6 nitrogen and oxygen atoms in total. The van der Waals surface area contributed by atoms with E-state index in [0.717, 1.165) is 5.56 Å². The number of ether oxygens (including phenoxy) is 1. The van der Waals surface area contributed by atoms with E-state index in [1.165, 1.54) is 0 Å². The van der Waals surface area contributed by atoms with Gasteiger partial charge in [-0.15, -0.1) is 0 Å². The SMILES string of the molecule is O=C(NCc1ccccc1)c1ccccc1OCc1cc(-c2ccco2)on1. The molecule has 0 aliphatic carbocycles. The number of carbonyl (C=O) groups is 1. The highest BCUT2D eigenvalue weighted by molar-refractivity contribution is 5.96. The van der Waals surface area contributed by atoms with Crippen LogP contribution in [0.2, 0.25) is 0 Å². The summed E-state index contributed by atoms with van der Waals surface area (Å²) in [5, 5.41) is 6.89. The van der Waals surface area contributed by atoms with Crippen molar-refractivity contribution in [1.29, 1.82) is 0 Å². The fraction of sp³-hybridized carbons (Fsp3) is 0.0909. The van der Waals surface area contributed by atoms with Gasteiger partial charge >= 0.3 is 0 Å². The van der Waals surface area contributed by atoms with Gasteiger partial charge in [-0.25, -0.2) is 0 Å². The number of aromatic nitrogens is 1. The summed E-state index contributed by atoms with van der Waals surface area (Å²) >= 11 is 0. The Bertz CT molecular complexity index is 1040. The van der Waals surface area contributed by atoms with Crippen molar-refractivity contribution in [2.45, 2.75) is 13.2 Å². The molecule has 1 N–H and O–H groups in total. The molecule has 0 unspecified atom stereocenters. The Balaban J connectivity index is 1.41. The molecule has 0 radical (unpaired) electrons. The van der Waals surface area contributed by atoms with Crippen LogP contribution in [0.5, 0.6) is 5.75 Å². The minimum Gasteiger partial charge on any atom is -0.486 e. The Morgan fingerprint density at radius 2 is 1.79 bits per heavy atom. The Labute approximate surface area is 161 Å². The number of nitrogens with one attached hydrogen (secondary N) is 1. The maximum atomic E-state index is 12.6. The fourth-order valence-corrected chi connectivity index (χ4v) is 2.72.